The first-order valence-electron chi connectivity index (χ1n) is 6.28. The quantitative estimate of drug-likeness (QED) is 0.666. The Balaban J connectivity index is 2.46. The van der Waals surface area contributed by atoms with Gasteiger partial charge in [-0.05, 0) is 19.8 Å². The number of nitrogens with one attached hydrogen (secondary N) is 2. The fourth-order valence-electron chi connectivity index (χ4n) is 2.29. The molecule has 0 aromatic carbocycles. The smallest absolute Gasteiger partial charge is 0.315 e. The highest BCUT2D eigenvalue weighted by molar-refractivity contribution is 5.76. The summed E-state index contributed by atoms with van der Waals surface area (Å²) in [6.07, 6.45) is 3.30. The molecular formula is C12H22N2O4. The lowest BCUT2D eigenvalue weighted by Gasteiger charge is -2.29. The lowest BCUT2D eigenvalue weighted by Crippen LogP contribution is -2.52. The van der Waals surface area contributed by atoms with E-state index in [0.29, 0.717) is 6.54 Å². The SMILES string of the molecule is COC(C)CNC(=O)NC1(CC(=O)O)CCCC1. The van der Waals surface area contributed by atoms with E-state index >= 15 is 0 Å². The highest BCUT2D eigenvalue weighted by Crippen LogP contribution is 2.32. The van der Waals surface area contributed by atoms with E-state index in [-0.39, 0.29) is 18.6 Å². The standard InChI is InChI=1S/C12H22N2O4/c1-9(18-2)8-13-11(17)14-12(7-10(15)16)5-3-4-6-12/h9H,3-8H2,1-2H3,(H,15,16)(H2,13,14,17). The third-order valence-corrected chi connectivity index (χ3v) is 3.38. The number of hydrogen-bond acceptors (Lipinski definition) is 3. The number of urea groups is 1. The fraction of sp³-hybridized carbons (Fsp3) is 0.833. The number of amides is 2. The number of carboxylic acids is 1. The van der Waals surface area contributed by atoms with Gasteiger partial charge in [-0.15, -0.1) is 0 Å². The minimum Gasteiger partial charge on any atom is -0.481 e. The van der Waals surface area contributed by atoms with E-state index in [0.717, 1.165) is 25.7 Å². The number of rotatable bonds is 6. The Labute approximate surface area is 107 Å². The van der Waals surface area contributed by atoms with Crippen LogP contribution in [0.2, 0.25) is 0 Å². The van der Waals surface area contributed by atoms with E-state index in [2.05, 4.69) is 10.6 Å². The van der Waals surface area contributed by atoms with Crippen LogP contribution in [0.3, 0.4) is 0 Å². The van der Waals surface area contributed by atoms with Gasteiger partial charge in [0.05, 0.1) is 18.1 Å². The topological polar surface area (TPSA) is 87.7 Å². The van der Waals surface area contributed by atoms with Crippen LogP contribution in [-0.2, 0) is 9.53 Å². The first-order valence-corrected chi connectivity index (χ1v) is 6.28. The van der Waals surface area contributed by atoms with Crippen LogP contribution in [0.5, 0.6) is 0 Å². The normalized spacial score (nSPS) is 19.2. The van der Waals surface area contributed by atoms with E-state index in [1.165, 1.54) is 0 Å². The molecule has 6 nitrogen and oxygen atoms in total. The zero-order valence-corrected chi connectivity index (χ0v) is 11.0. The predicted octanol–water partition coefficient (Wildman–Crippen LogP) is 1.11. The van der Waals surface area contributed by atoms with Gasteiger partial charge in [-0.25, -0.2) is 4.79 Å². The summed E-state index contributed by atoms with van der Waals surface area (Å²) in [4.78, 5) is 22.6. The maximum Gasteiger partial charge on any atom is 0.315 e. The van der Waals surface area contributed by atoms with E-state index < -0.39 is 11.5 Å². The Bertz CT molecular complexity index is 300. The number of carboxylic acid groups (broad SMARTS) is 1. The summed E-state index contributed by atoms with van der Waals surface area (Å²) < 4.78 is 5.02. The van der Waals surface area contributed by atoms with Crippen LogP contribution >= 0.6 is 0 Å². The number of hydrogen-bond donors (Lipinski definition) is 3. The third-order valence-electron chi connectivity index (χ3n) is 3.38. The van der Waals surface area contributed by atoms with Crippen LogP contribution in [-0.4, -0.2) is 42.4 Å². The van der Waals surface area contributed by atoms with Crippen molar-refractivity contribution in [2.24, 2.45) is 0 Å². The molecule has 0 spiro atoms. The van der Waals surface area contributed by atoms with Crippen molar-refractivity contribution in [3.8, 4) is 0 Å². The van der Waals surface area contributed by atoms with E-state index in [1.807, 2.05) is 6.92 Å². The zero-order valence-electron chi connectivity index (χ0n) is 11.0. The van der Waals surface area contributed by atoms with Crippen molar-refractivity contribution in [3.05, 3.63) is 0 Å². The van der Waals surface area contributed by atoms with Crippen molar-refractivity contribution < 1.29 is 19.4 Å². The van der Waals surface area contributed by atoms with E-state index in [1.54, 1.807) is 7.11 Å². The molecule has 1 rings (SSSR count). The molecule has 1 aliphatic carbocycles. The molecule has 0 aromatic heterocycles. The second-order valence-electron chi connectivity index (χ2n) is 4.94. The van der Waals surface area contributed by atoms with E-state index in [4.69, 9.17) is 9.84 Å². The average Bonchev–Trinajstić information content (AvgIpc) is 2.73. The largest absolute Gasteiger partial charge is 0.481 e. The minimum atomic E-state index is -0.873. The Hall–Kier alpha value is -1.30. The van der Waals surface area contributed by atoms with Crippen LogP contribution in [0.25, 0.3) is 0 Å². The molecule has 18 heavy (non-hydrogen) atoms. The van der Waals surface area contributed by atoms with Gasteiger partial charge in [0.15, 0.2) is 0 Å². The van der Waals surface area contributed by atoms with E-state index in [9.17, 15) is 9.59 Å². The maximum atomic E-state index is 11.7. The van der Waals surface area contributed by atoms with Gasteiger partial charge >= 0.3 is 12.0 Å². The number of carbonyl (C=O) groups is 2. The molecule has 0 bridgehead atoms. The Morgan fingerprint density at radius 2 is 2.00 bits per heavy atom. The minimum absolute atomic E-state index is 0.0136. The summed E-state index contributed by atoms with van der Waals surface area (Å²) in [5, 5.41) is 14.4. The molecule has 1 unspecified atom stereocenters. The number of ether oxygens (including phenoxy) is 1. The lowest BCUT2D eigenvalue weighted by molar-refractivity contribution is -0.138. The summed E-state index contributed by atoms with van der Waals surface area (Å²) in [5.41, 5.74) is -0.577. The predicted molar refractivity (Wildman–Crippen MR) is 66.5 cm³/mol. The van der Waals surface area contributed by atoms with Crippen LogP contribution in [0.1, 0.15) is 39.0 Å². The Kier molecular flexibility index (Phi) is 5.40. The van der Waals surface area contributed by atoms with Crippen LogP contribution in [0, 0.1) is 0 Å². The number of methoxy groups -OCH3 is 1. The molecule has 1 saturated carbocycles. The highest BCUT2D eigenvalue weighted by atomic mass is 16.5. The van der Waals surface area contributed by atoms with Crippen molar-refractivity contribution in [2.75, 3.05) is 13.7 Å². The van der Waals surface area contributed by atoms with Crippen LogP contribution in [0.15, 0.2) is 0 Å². The van der Waals surface area contributed by atoms with Crippen molar-refractivity contribution >= 4 is 12.0 Å². The van der Waals surface area contributed by atoms with Crippen LogP contribution in [0.4, 0.5) is 4.79 Å². The maximum absolute atomic E-state index is 11.7. The van der Waals surface area contributed by atoms with Crippen molar-refractivity contribution in [2.45, 2.75) is 50.7 Å². The molecule has 0 saturated heterocycles. The second kappa shape index (κ2) is 6.58. The second-order valence-corrected chi connectivity index (χ2v) is 4.94. The molecule has 0 aromatic rings. The molecule has 0 radical (unpaired) electrons. The first kappa shape index (κ1) is 14.8. The van der Waals surface area contributed by atoms with Crippen molar-refractivity contribution in [3.63, 3.8) is 0 Å². The molecule has 1 fully saturated rings. The molecule has 0 heterocycles. The van der Waals surface area contributed by atoms with Crippen molar-refractivity contribution in [1.82, 2.24) is 10.6 Å². The molecule has 0 aliphatic heterocycles. The third kappa shape index (κ3) is 4.52. The van der Waals surface area contributed by atoms with Gasteiger partial charge in [0.1, 0.15) is 0 Å². The van der Waals surface area contributed by atoms with Gasteiger partial charge in [-0.1, -0.05) is 12.8 Å². The lowest BCUT2D eigenvalue weighted by atomic mass is 9.93. The highest BCUT2D eigenvalue weighted by Gasteiger charge is 2.37. The Morgan fingerprint density at radius 3 is 2.50 bits per heavy atom. The Morgan fingerprint density at radius 1 is 1.39 bits per heavy atom. The summed E-state index contributed by atoms with van der Waals surface area (Å²) in [6, 6.07) is -0.318. The summed E-state index contributed by atoms with van der Waals surface area (Å²) >= 11 is 0. The first-order chi connectivity index (χ1) is 8.47. The van der Waals surface area contributed by atoms with Gasteiger partial charge in [-0.3, -0.25) is 4.79 Å². The monoisotopic (exact) mass is 258 g/mol. The molecule has 3 N–H and O–H groups in total. The van der Waals surface area contributed by atoms with Gasteiger partial charge in [0.2, 0.25) is 0 Å². The molecular weight excluding hydrogens is 236 g/mol. The van der Waals surface area contributed by atoms with Gasteiger partial charge in [0.25, 0.3) is 0 Å². The van der Waals surface area contributed by atoms with Crippen molar-refractivity contribution in [1.29, 1.82) is 0 Å². The molecule has 1 aliphatic rings. The molecule has 1 atom stereocenters. The number of carbonyl (C=O) groups excluding carboxylic acids is 1. The summed E-state index contributed by atoms with van der Waals surface area (Å²) in [5.74, 6) is -0.873. The van der Waals surface area contributed by atoms with Gasteiger partial charge < -0.3 is 20.5 Å². The molecule has 6 heteroatoms. The molecule has 2 amide bonds. The number of aliphatic carboxylic acids is 1. The molecule has 104 valence electrons. The summed E-state index contributed by atoms with van der Waals surface area (Å²) in [6.45, 7) is 2.26. The summed E-state index contributed by atoms with van der Waals surface area (Å²) in [7, 11) is 1.58. The fourth-order valence-corrected chi connectivity index (χ4v) is 2.29. The van der Waals surface area contributed by atoms with Crippen LogP contribution < -0.4 is 10.6 Å². The van der Waals surface area contributed by atoms with Gasteiger partial charge in [-0.2, -0.15) is 0 Å². The average molecular weight is 258 g/mol. The zero-order chi connectivity index (χ0) is 13.6. The van der Waals surface area contributed by atoms with Gasteiger partial charge in [0, 0.05) is 13.7 Å².